The number of carbonyl (C=O) groups excluding carboxylic acids is 1. The molecule has 2 atom stereocenters. The van der Waals surface area contributed by atoms with Crippen molar-refractivity contribution in [3.63, 3.8) is 0 Å². The molecule has 0 saturated heterocycles. The zero-order valence-corrected chi connectivity index (χ0v) is 16.7. The summed E-state index contributed by atoms with van der Waals surface area (Å²) < 4.78 is 0. The van der Waals surface area contributed by atoms with E-state index >= 15 is 0 Å². The summed E-state index contributed by atoms with van der Waals surface area (Å²) in [5.41, 5.74) is 3.04. The van der Waals surface area contributed by atoms with Crippen LogP contribution in [-0.2, 0) is 4.79 Å². The lowest BCUT2D eigenvalue weighted by Crippen LogP contribution is -2.33. The molecule has 26 heavy (non-hydrogen) atoms. The number of thiophene rings is 1. The molecular weight excluding hydrogens is 342 g/mol. The molecule has 138 valence electrons. The van der Waals surface area contributed by atoms with Gasteiger partial charge in [0.25, 0.3) is 0 Å². The summed E-state index contributed by atoms with van der Waals surface area (Å²) in [7, 11) is 0. The van der Waals surface area contributed by atoms with Crippen molar-refractivity contribution in [2.24, 2.45) is 5.92 Å². The van der Waals surface area contributed by atoms with Crippen LogP contribution in [0.4, 0.5) is 5.00 Å². The number of amides is 1. The van der Waals surface area contributed by atoms with Gasteiger partial charge in [0, 0.05) is 6.04 Å². The second-order valence-corrected chi connectivity index (χ2v) is 7.82. The normalized spacial score (nSPS) is 13.2. The van der Waals surface area contributed by atoms with Gasteiger partial charge >= 0.3 is 0 Å². The third-order valence-electron chi connectivity index (χ3n) is 4.66. The Morgan fingerprint density at radius 3 is 2.38 bits per heavy atom. The van der Waals surface area contributed by atoms with Crippen molar-refractivity contribution < 1.29 is 4.79 Å². The Bertz CT molecular complexity index is 758. The molecular formula is C21H27N3OS. The van der Waals surface area contributed by atoms with Gasteiger partial charge in [0.05, 0.1) is 12.1 Å². The van der Waals surface area contributed by atoms with Gasteiger partial charge in [-0.1, -0.05) is 52.0 Å². The van der Waals surface area contributed by atoms with Crippen LogP contribution in [0.5, 0.6) is 0 Å². The lowest BCUT2D eigenvalue weighted by molar-refractivity contribution is -0.115. The predicted molar refractivity (Wildman–Crippen MR) is 108 cm³/mol. The predicted octanol–water partition coefficient (Wildman–Crippen LogP) is 5.06. The molecule has 0 aliphatic heterocycles. The molecule has 0 saturated carbocycles. The standard InChI is InChI=1S/C21H27N3OS/c1-5-15(4)16-6-8-17(9-7-16)20(14(2)3)23-13-19(25)24-21-18(12-22)10-11-26-21/h6-11,14-15,20,23H,5,13H2,1-4H3,(H,24,25)/t15-,20+/m0/s1. The fourth-order valence-electron chi connectivity index (χ4n) is 2.87. The average Bonchev–Trinajstić information content (AvgIpc) is 3.08. The van der Waals surface area contributed by atoms with E-state index in [0.717, 1.165) is 6.42 Å². The number of rotatable bonds is 8. The average molecular weight is 370 g/mol. The van der Waals surface area contributed by atoms with Crippen LogP contribution < -0.4 is 10.6 Å². The van der Waals surface area contributed by atoms with Crippen LogP contribution in [0, 0.1) is 17.2 Å². The summed E-state index contributed by atoms with van der Waals surface area (Å²) in [6, 6.07) is 12.6. The molecule has 2 rings (SSSR count). The van der Waals surface area contributed by atoms with E-state index in [1.165, 1.54) is 22.5 Å². The topological polar surface area (TPSA) is 64.9 Å². The maximum Gasteiger partial charge on any atom is 0.238 e. The van der Waals surface area contributed by atoms with Crippen molar-refractivity contribution in [3.8, 4) is 6.07 Å². The minimum Gasteiger partial charge on any atom is -0.315 e. The summed E-state index contributed by atoms with van der Waals surface area (Å²) in [4.78, 5) is 12.2. The number of carbonyl (C=O) groups is 1. The van der Waals surface area contributed by atoms with Crippen LogP contribution in [0.15, 0.2) is 35.7 Å². The van der Waals surface area contributed by atoms with Crippen molar-refractivity contribution in [2.45, 2.75) is 46.1 Å². The van der Waals surface area contributed by atoms with Crippen molar-refractivity contribution in [1.82, 2.24) is 5.32 Å². The maximum atomic E-state index is 12.2. The van der Waals surface area contributed by atoms with Gasteiger partial charge < -0.3 is 10.6 Å². The van der Waals surface area contributed by atoms with E-state index in [4.69, 9.17) is 5.26 Å². The summed E-state index contributed by atoms with van der Waals surface area (Å²) in [6.45, 7) is 8.92. The number of nitrogens with one attached hydrogen (secondary N) is 2. The van der Waals surface area contributed by atoms with Gasteiger partial charge in [-0.2, -0.15) is 5.26 Å². The first kappa shape index (κ1) is 20.2. The summed E-state index contributed by atoms with van der Waals surface area (Å²) in [5.74, 6) is 0.778. The highest BCUT2D eigenvalue weighted by molar-refractivity contribution is 7.14. The molecule has 0 unspecified atom stereocenters. The molecule has 2 aromatic rings. The Labute approximate surface area is 160 Å². The fourth-order valence-corrected chi connectivity index (χ4v) is 3.63. The van der Waals surface area contributed by atoms with Gasteiger partial charge in [-0.25, -0.2) is 0 Å². The van der Waals surface area contributed by atoms with Gasteiger partial charge in [-0.05, 0) is 40.8 Å². The maximum absolute atomic E-state index is 12.2. The van der Waals surface area contributed by atoms with E-state index in [2.05, 4.69) is 68.7 Å². The first-order valence-electron chi connectivity index (χ1n) is 9.06. The van der Waals surface area contributed by atoms with Crippen LogP contribution in [0.1, 0.15) is 62.8 Å². The molecule has 0 bridgehead atoms. The molecule has 0 radical (unpaired) electrons. The van der Waals surface area contributed by atoms with Crippen molar-refractivity contribution in [2.75, 3.05) is 11.9 Å². The monoisotopic (exact) mass is 369 g/mol. The second-order valence-electron chi connectivity index (χ2n) is 6.90. The number of hydrogen-bond acceptors (Lipinski definition) is 4. The Morgan fingerprint density at radius 1 is 1.15 bits per heavy atom. The molecule has 2 N–H and O–H groups in total. The zero-order chi connectivity index (χ0) is 19.1. The molecule has 0 aliphatic carbocycles. The Morgan fingerprint density at radius 2 is 1.81 bits per heavy atom. The highest BCUT2D eigenvalue weighted by Crippen LogP contribution is 2.25. The largest absolute Gasteiger partial charge is 0.315 e. The van der Waals surface area contributed by atoms with Crippen LogP contribution in [0.3, 0.4) is 0 Å². The molecule has 1 heterocycles. The van der Waals surface area contributed by atoms with Gasteiger partial charge in [0.2, 0.25) is 5.91 Å². The lowest BCUT2D eigenvalue weighted by atomic mass is 9.92. The van der Waals surface area contributed by atoms with Crippen molar-refractivity contribution in [1.29, 1.82) is 5.26 Å². The third-order valence-corrected chi connectivity index (χ3v) is 5.49. The number of benzene rings is 1. The molecule has 1 aromatic heterocycles. The highest BCUT2D eigenvalue weighted by atomic mass is 32.1. The summed E-state index contributed by atoms with van der Waals surface area (Å²) in [5, 5.41) is 17.6. The van der Waals surface area contributed by atoms with E-state index in [9.17, 15) is 4.79 Å². The van der Waals surface area contributed by atoms with Crippen LogP contribution in [-0.4, -0.2) is 12.5 Å². The number of nitrogens with zero attached hydrogens (tertiary/aromatic N) is 1. The molecule has 1 aromatic carbocycles. The van der Waals surface area contributed by atoms with Gasteiger partial charge in [0.15, 0.2) is 0 Å². The minimum atomic E-state index is -0.133. The van der Waals surface area contributed by atoms with Gasteiger partial charge in [0.1, 0.15) is 11.1 Å². The third kappa shape index (κ3) is 5.17. The number of hydrogen-bond donors (Lipinski definition) is 2. The van der Waals surface area contributed by atoms with Crippen molar-refractivity contribution in [3.05, 3.63) is 52.4 Å². The lowest BCUT2D eigenvalue weighted by Gasteiger charge is -2.23. The van der Waals surface area contributed by atoms with Gasteiger partial charge in [-0.15, -0.1) is 11.3 Å². The minimum absolute atomic E-state index is 0.102. The molecule has 5 heteroatoms. The zero-order valence-electron chi connectivity index (χ0n) is 15.9. The van der Waals surface area contributed by atoms with Crippen molar-refractivity contribution >= 4 is 22.2 Å². The first-order valence-corrected chi connectivity index (χ1v) is 9.94. The van der Waals surface area contributed by atoms with E-state index in [1.54, 1.807) is 11.4 Å². The molecule has 0 spiro atoms. The fraction of sp³-hybridized carbons (Fsp3) is 0.429. The van der Waals surface area contributed by atoms with E-state index in [-0.39, 0.29) is 18.5 Å². The summed E-state index contributed by atoms with van der Waals surface area (Å²) in [6.07, 6.45) is 1.12. The van der Waals surface area contributed by atoms with Crippen LogP contribution in [0.25, 0.3) is 0 Å². The molecule has 4 nitrogen and oxygen atoms in total. The van der Waals surface area contributed by atoms with Crippen LogP contribution in [0.2, 0.25) is 0 Å². The van der Waals surface area contributed by atoms with Crippen LogP contribution >= 0.6 is 11.3 Å². The molecule has 0 fully saturated rings. The quantitative estimate of drug-likeness (QED) is 0.683. The Hall–Kier alpha value is -2.16. The Kier molecular flexibility index (Phi) is 7.38. The molecule has 0 aliphatic rings. The first-order chi connectivity index (χ1) is 12.5. The number of nitriles is 1. The van der Waals surface area contributed by atoms with E-state index < -0.39 is 0 Å². The van der Waals surface area contributed by atoms with E-state index in [0.29, 0.717) is 22.4 Å². The second kappa shape index (κ2) is 9.51. The smallest absolute Gasteiger partial charge is 0.238 e. The molecule has 1 amide bonds. The summed E-state index contributed by atoms with van der Waals surface area (Å²) >= 11 is 1.36. The van der Waals surface area contributed by atoms with Gasteiger partial charge in [-0.3, -0.25) is 4.79 Å². The highest BCUT2D eigenvalue weighted by Gasteiger charge is 2.17. The van der Waals surface area contributed by atoms with E-state index in [1.807, 2.05) is 0 Å². The number of anilines is 1. The SMILES string of the molecule is CC[C@H](C)c1ccc([C@H](NCC(=O)Nc2sccc2C#N)C(C)C)cc1. The Balaban J connectivity index is 2.00.